The molecule has 3 nitrogen and oxygen atoms in total. The van der Waals surface area contributed by atoms with Gasteiger partial charge in [0.1, 0.15) is 11.0 Å². The van der Waals surface area contributed by atoms with Crippen LogP contribution in [0.15, 0.2) is 17.0 Å². The molecule has 0 unspecified atom stereocenters. The van der Waals surface area contributed by atoms with E-state index in [1.165, 1.54) is 6.07 Å². The van der Waals surface area contributed by atoms with Gasteiger partial charge < -0.3 is 0 Å². The fraction of sp³-hybridized carbons (Fsp3) is 0. The Morgan fingerprint density at radius 2 is 2.00 bits per heavy atom. The van der Waals surface area contributed by atoms with Crippen molar-refractivity contribution in [2.45, 2.75) is 4.90 Å². The van der Waals surface area contributed by atoms with Crippen molar-refractivity contribution in [2.75, 3.05) is 0 Å². The summed E-state index contributed by atoms with van der Waals surface area (Å²) in [6.07, 6.45) is 0. The van der Waals surface area contributed by atoms with Crippen LogP contribution in [0.5, 0.6) is 0 Å². The topological polar surface area (TPSA) is 57.9 Å². The van der Waals surface area contributed by atoms with Crippen LogP contribution in [0.1, 0.15) is 5.56 Å². The van der Waals surface area contributed by atoms with Crippen molar-refractivity contribution < 1.29 is 8.42 Å². The number of nitriles is 1. The lowest BCUT2D eigenvalue weighted by molar-refractivity contribution is 0.609. The number of benzene rings is 1. The Balaban J connectivity index is 3.74. The molecule has 1 aromatic rings. The first-order valence-corrected chi connectivity index (χ1v) is 6.97. The first kappa shape index (κ1) is 12.0. The minimum absolute atomic E-state index is 0.0203. The van der Waals surface area contributed by atoms with E-state index in [2.05, 4.69) is 0 Å². The number of halogens is 3. The van der Waals surface area contributed by atoms with Gasteiger partial charge in [0.15, 0.2) is 0 Å². The van der Waals surface area contributed by atoms with Gasteiger partial charge in [-0.25, -0.2) is 8.42 Å². The highest BCUT2D eigenvalue weighted by Crippen LogP contribution is 2.30. The molecule has 1 aromatic carbocycles. The van der Waals surface area contributed by atoms with Crippen molar-refractivity contribution >= 4 is 53.9 Å². The molecule has 0 aliphatic carbocycles. The largest absolute Gasteiger partial charge is 0.264 e. The molecule has 0 atom stereocenters. The van der Waals surface area contributed by atoms with Crippen molar-refractivity contribution in [3.8, 4) is 6.07 Å². The van der Waals surface area contributed by atoms with Gasteiger partial charge in [0, 0.05) is 14.3 Å². The van der Waals surface area contributed by atoms with Crippen molar-refractivity contribution in [1.29, 1.82) is 5.26 Å². The van der Waals surface area contributed by atoms with Crippen LogP contribution >= 0.6 is 44.9 Å². The molecule has 0 amide bonds. The molecule has 0 N–H and O–H groups in total. The van der Waals surface area contributed by atoms with Crippen LogP contribution in [-0.2, 0) is 9.05 Å². The first-order chi connectivity index (χ1) is 6.38. The Morgan fingerprint density at radius 3 is 2.36 bits per heavy atom. The van der Waals surface area contributed by atoms with Gasteiger partial charge in [-0.3, -0.25) is 0 Å². The Morgan fingerprint density at radius 1 is 1.43 bits per heavy atom. The van der Waals surface area contributed by atoms with E-state index in [4.69, 9.17) is 27.5 Å². The second-order valence-electron chi connectivity index (χ2n) is 2.28. The van der Waals surface area contributed by atoms with Gasteiger partial charge in [-0.2, -0.15) is 5.26 Å². The summed E-state index contributed by atoms with van der Waals surface area (Å²) in [6, 6.07) is 4.69. The average molecular weight is 362 g/mol. The molecule has 0 saturated carbocycles. The smallest absolute Gasteiger partial charge is 0.207 e. The van der Waals surface area contributed by atoms with Gasteiger partial charge in [-0.1, -0.05) is 11.6 Å². The van der Waals surface area contributed by atoms with E-state index in [-0.39, 0.29) is 15.5 Å². The predicted octanol–water partition coefficient (Wildman–Crippen LogP) is 2.74. The molecule has 0 radical (unpaired) electrons. The van der Waals surface area contributed by atoms with E-state index < -0.39 is 9.05 Å². The summed E-state index contributed by atoms with van der Waals surface area (Å²) < 4.78 is 22.7. The van der Waals surface area contributed by atoms with Crippen molar-refractivity contribution in [1.82, 2.24) is 0 Å². The summed E-state index contributed by atoms with van der Waals surface area (Å²) >= 11 is 7.49. The summed E-state index contributed by atoms with van der Waals surface area (Å²) in [4.78, 5) is -0.324. The van der Waals surface area contributed by atoms with E-state index in [9.17, 15) is 8.42 Å². The zero-order valence-electron chi connectivity index (χ0n) is 6.46. The number of hydrogen-bond donors (Lipinski definition) is 0. The number of nitrogens with zero attached hydrogens (tertiary/aromatic N) is 1. The van der Waals surface area contributed by atoms with E-state index >= 15 is 0 Å². The molecule has 74 valence electrons. The van der Waals surface area contributed by atoms with Crippen molar-refractivity contribution in [3.05, 3.63) is 26.3 Å². The Labute approximate surface area is 104 Å². The fourth-order valence-electron chi connectivity index (χ4n) is 0.876. The molecule has 7 heteroatoms. The minimum atomic E-state index is -3.99. The van der Waals surface area contributed by atoms with Gasteiger partial charge in [-0.15, -0.1) is 0 Å². The molecule has 0 aliphatic heterocycles. The first-order valence-electron chi connectivity index (χ1n) is 3.20. The molecule has 0 fully saturated rings. The standard InChI is InChI=1S/C7H2Cl2INO2S/c8-5-1-2-6(10)4(3-11)7(5)14(9,12)13/h1-2H. The minimum Gasteiger partial charge on any atom is -0.207 e. The van der Waals surface area contributed by atoms with Crippen LogP contribution in [0.4, 0.5) is 0 Å². The highest BCUT2D eigenvalue weighted by Gasteiger charge is 2.21. The van der Waals surface area contributed by atoms with E-state index in [0.717, 1.165) is 0 Å². The second-order valence-corrected chi connectivity index (χ2v) is 6.36. The van der Waals surface area contributed by atoms with Crippen LogP contribution in [0, 0.1) is 14.9 Å². The Bertz CT molecular complexity index is 521. The molecule has 1 rings (SSSR count). The lowest BCUT2D eigenvalue weighted by Gasteiger charge is -2.03. The van der Waals surface area contributed by atoms with Crippen LogP contribution in [0.2, 0.25) is 5.02 Å². The third-order valence-corrected chi connectivity index (χ3v) is 4.11. The maximum absolute atomic E-state index is 11.1. The summed E-state index contributed by atoms with van der Waals surface area (Å²) in [5.74, 6) is 0. The molecule has 0 spiro atoms. The molecule has 0 saturated heterocycles. The van der Waals surface area contributed by atoms with Gasteiger partial charge in [0.05, 0.1) is 10.6 Å². The summed E-state index contributed by atoms with van der Waals surface area (Å²) in [5, 5.41) is 8.71. The molecule has 0 aliphatic rings. The molecular weight excluding hydrogens is 360 g/mol. The van der Waals surface area contributed by atoms with E-state index in [1.807, 2.05) is 22.6 Å². The zero-order valence-corrected chi connectivity index (χ0v) is 10.9. The normalized spacial score (nSPS) is 11.0. The number of rotatable bonds is 1. The van der Waals surface area contributed by atoms with Crippen LogP contribution in [0.25, 0.3) is 0 Å². The van der Waals surface area contributed by atoms with Gasteiger partial charge in [0.2, 0.25) is 0 Å². The second kappa shape index (κ2) is 4.23. The lowest BCUT2D eigenvalue weighted by Crippen LogP contribution is -1.98. The van der Waals surface area contributed by atoms with Crippen molar-refractivity contribution in [3.63, 3.8) is 0 Å². The maximum atomic E-state index is 11.1. The predicted molar refractivity (Wildman–Crippen MR) is 61.9 cm³/mol. The van der Waals surface area contributed by atoms with Crippen LogP contribution in [0.3, 0.4) is 0 Å². The zero-order chi connectivity index (χ0) is 10.9. The van der Waals surface area contributed by atoms with Gasteiger partial charge in [-0.05, 0) is 34.7 Å². The summed E-state index contributed by atoms with van der Waals surface area (Å²) in [7, 11) is 1.17. The lowest BCUT2D eigenvalue weighted by atomic mass is 10.2. The molecule has 0 aromatic heterocycles. The summed E-state index contributed by atoms with van der Waals surface area (Å²) in [6.45, 7) is 0. The van der Waals surface area contributed by atoms with Gasteiger partial charge >= 0.3 is 0 Å². The van der Waals surface area contributed by atoms with Crippen LogP contribution in [-0.4, -0.2) is 8.42 Å². The van der Waals surface area contributed by atoms with E-state index in [0.29, 0.717) is 3.57 Å². The highest BCUT2D eigenvalue weighted by molar-refractivity contribution is 14.1. The highest BCUT2D eigenvalue weighted by atomic mass is 127. The Kier molecular flexibility index (Phi) is 3.63. The third kappa shape index (κ3) is 2.31. The van der Waals surface area contributed by atoms with Crippen molar-refractivity contribution in [2.24, 2.45) is 0 Å². The molecule has 0 heterocycles. The molecular formula is C7H2Cl2INO2S. The Hall–Kier alpha value is -0.0300. The molecule has 14 heavy (non-hydrogen) atoms. The average Bonchev–Trinajstić information content (AvgIpc) is 2.06. The quantitative estimate of drug-likeness (QED) is 0.570. The fourth-order valence-corrected chi connectivity index (χ4v) is 3.39. The van der Waals surface area contributed by atoms with Crippen LogP contribution < -0.4 is 0 Å². The number of hydrogen-bond acceptors (Lipinski definition) is 3. The monoisotopic (exact) mass is 361 g/mol. The SMILES string of the molecule is N#Cc1c(I)ccc(Cl)c1S(=O)(=O)Cl. The summed E-state index contributed by atoms with van der Waals surface area (Å²) in [5.41, 5.74) is -0.0203. The third-order valence-electron chi connectivity index (χ3n) is 1.41. The van der Waals surface area contributed by atoms with E-state index in [1.54, 1.807) is 12.1 Å². The van der Waals surface area contributed by atoms with Gasteiger partial charge in [0.25, 0.3) is 9.05 Å². The maximum Gasteiger partial charge on any atom is 0.264 e. The molecule has 0 bridgehead atoms.